The van der Waals surface area contributed by atoms with Gasteiger partial charge in [-0.25, -0.2) is 9.07 Å². The summed E-state index contributed by atoms with van der Waals surface area (Å²) in [6, 6.07) is 6.34. The van der Waals surface area contributed by atoms with Crippen LogP contribution >= 0.6 is 0 Å². The fourth-order valence-corrected chi connectivity index (χ4v) is 5.77. The lowest BCUT2D eigenvalue weighted by molar-refractivity contribution is 0.272. The molecule has 1 aromatic heterocycles. The lowest BCUT2D eigenvalue weighted by Gasteiger charge is -2.31. The molecular weight excluding hydrogens is 393 g/mol. The first kappa shape index (κ1) is 20.5. The number of hydrogen-bond acceptors (Lipinski definition) is 4. The third-order valence-corrected chi connectivity index (χ3v) is 7.67. The quantitative estimate of drug-likeness (QED) is 0.743. The molecule has 2 saturated heterocycles. The van der Waals surface area contributed by atoms with E-state index in [0.29, 0.717) is 45.0 Å². The molecule has 1 aromatic carbocycles. The van der Waals surface area contributed by atoms with Gasteiger partial charge in [-0.2, -0.15) is 22.1 Å². The number of aromatic nitrogens is 2. The lowest BCUT2D eigenvalue weighted by Crippen LogP contribution is -2.47. The zero-order chi connectivity index (χ0) is 20.3. The van der Waals surface area contributed by atoms with E-state index in [1.807, 2.05) is 12.3 Å². The second-order valence-corrected chi connectivity index (χ2v) is 9.70. The number of rotatable bonds is 5. The van der Waals surface area contributed by atoms with Crippen molar-refractivity contribution in [2.24, 2.45) is 0 Å². The number of hydrogen-bond donors (Lipinski definition) is 0. The van der Waals surface area contributed by atoms with Gasteiger partial charge in [0.2, 0.25) is 0 Å². The second-order valence-electron chi connectivity index (χ2n) is 7.77. The molecule has 9 heteroatoms. The predicted octanol–water partition coefficient (Wildman–Crippen LogP) is 2.25. The van der Waals surface area contributed by atoms with Gasteiger partial charge in [0.1, 0.15) is 5.82 Å². The van der Waals surface area contributed by atoms with Gasteiger partial charge >= 0.3 is 0 Å². The number of piperidine rings is 1. The summed E-state index contributed by atoms with van der Waals surface area (Å²) in [6.45, 7) is 4.60. The van der Waals surface area contributed by atoms with Crippen LogP contribution in [0.5, 0.6) is 0 Å². The van der Waals surface area contributed by atoms with Crippen molar-refractivity contribution in [1.82, 2.24) is 23.3 Å². The molecule has 158 valence electrons. The molecule has 7 nitrogen and oxygen atoms in total. The molecule has 0 N–H and O–H groups in total. The van der Waals surface area contributed by atoms with Crippen LogP contribution in [0, 0.1) is 5.82 Å². The van der Waals surface area contributed by atoms with Crippen LogP contribution in [0.25, 0.3) is 5.69 Å². The van der Waals surface area contributed by atoms with Gasteiger partial charge in [-0.15, -0.1) is 0 Å². The van der Waals surface area contributed by atoms with Crippen LogP contribution in [0.2, 0.25) is 0 Å². The van der Waals surface area contributed by atoms with Crippen molar-refractivity contribution in [3.05, 3.63) is 48.0 Å². The Morgan fingerprint density at radius 2 is 1.69 bits per heavy atom. The maximum atomic E-state index is 13.4. The fraction of sp³-hybridized carbons (Fsp3) is 0.550. The minimum atomic E-state index is -3.35. The molecular formula is C20H28FN5O2S. The molecule has 0 bridgehead atoms. The minimum absolute atomic E-state index is 0.290. The van der Waals surface area contributed by atoms with Crippen LogP contribution in [-0.2, 0) is 16.8 Å². The second kappa shape index (κ2) is 8.91. The van der Waals surface area contributed by atoms with Crippen molar-refractivity contribution in [1.29, 1.82) is 0 Å². The summed E-state index contributed by atoms with van der Waals surface area (Å²) in [6.07, 6.45) is 7.52. The first-order chi connectivity index (χ1) is 14.0. The van der Waals surface area contributed by atoms with Crippen LogP contribution < -0.4 is 0 Å². The van der Waals surface area contributed by atoms with Gasteiger partial charge in [-0.1, -0.05) is 12.5 Å². The smallest absolute Gasteiger partial charge is 0.282 e. The molecule has 2 aliphatic heterocycles. The van der Waals surface area contributed by atoms with Gasteiger partial charge in [0.25, 0.3) is 10.2 Å². The molecule has 0 atom stereocenters. The van der Waals surface area contributed by atoms with Crippen molar-refractivity contribution < 1.29 is 12.8 Å². The summed E-state index contributed by atoms with van der Waals surface area (Å²) in [5, 5.41) is 4.34. The third-order valence-electron chi connectivity index (χ3n) is 5.63. The van der Waals surface area contributed by atoms with Crippen LogP contribution in [0.4, 0.5) is 4.39 Å². The van der Waals surface area contributed by atoms with E-state index in [4.69, 9.17) is 0 Å². The maximum Gasteiger partial charge on any atom is 0.282 e. The largest absolute Gasteiger partial charge is 0.298 e. The Morgan fingerprint density at radius 1 is 0.931 bits per heavy atom. The maximum absolute atomic E-state index is 13.4. The summed E-state index contributed by atoms with van der Waals surface area (Å²) in [5.74, 6) is -0.290. The Morgan fingerprint density at radius 3 is 2.48 bits per heavy atom. The van der Waals surface area contributed by atoms with E-state index < -0.39 is 10.2 Å². The summed E-state index contributed by atoms with van der Waals surface area (Å²) < 4.78 is 44.3. The summed E-state index contributed by atoms with van der Waals surface area (Å²) in [4.78, 5) is 2.26. The monoisotopic (exact) mass is 421 g/mol. The van der Waals surface area contributed by atoms with E-state index in [0.717, 1.165) is 37.8 Å². The molecule has 0 radical (unpaired) electrons. The van der Waals surface area contributed by atoms with Crippen LogP contribution in [0.3, 0.4) is 0 Å². The van der Waals surface area contributed by atoms with Crippen molar-refractivity contribution in [2.45, 2.75) is 32.2 Å². The average molecular weight is 422 g/mol. The molecule has 4 rings (SSSR count). The van der Waals surface area contributed by atoms with Gasteiger partial charge < -0.3 is 0 Å². The van der Waals surface area contributed by atoms with Gasteiger partial charge in [-0.3, -0.25) is 4.90 Å². The average Bonchev–Trinajstić information content (AvgIpc) is 3.06. The van der Waals surface area contributed by atoms with Crippen LogP contribution in [0.1, 0.15) is 31.2 Å². The first-order valence-corrected chi connectivity index (χ1v) is 11.7. The molecule has 0 spiro atoms. The van der Waals surface area contributed by atoms with Crippen molar-refractivity contribution in [3.8, 4) is 5.69 Å². The molecule has 0 amide bonds. The van der Waals surface area contributed by atoms with Crippen LogP contribution in [-0.4, -0.2) is 71.0 Å². The Bertz CT molecular complexity index is 926. The highest BCUT2D eigenvalue weighted by molar-refractivity contribution is 7.86. The molecule has 2 fully saturated rings. The van der Waals surface area contributed by atoms with E-state index in [1.165, 1.54) is 12.1 Å². The predicted molar refractivity (Wildman–Crippen MR) is 109 cm³/mol. The standard InChI is InChI=1S/C20H28FN5O2S/c21-19-6-4-7-20(14-19)26-17-18(15-22-26)16-23-8-5-11-25(13-12-23)29(27,28)24-9-2-1-3-10-24/h4,6-7,14-15,17H,1-3,5,8-13,16H2. The zero-order valence-electron chi connectivity index (χ0n) is 16.6. The Balaban J connectivity index is 1.37. The molecule has 3 heterocycles. The zero-order valence-corrected chi connectivity index (χ0v) is 17.4. The molecule has 29 heavy (non-hydrogen) atoms. The Kier molecular flexibility index (Phi) is 6.29. The first-order valence-electron chi connectivity index (χ1n) is 10.3. The van der Waals surface area contributed by atoms with Crippen molar-refractivity contribution in [3.63, 3.8) is 0 Å². The van der Waals surface area contributed by atoms with Gasteiger partial charge in [-0.05, 0) is 44.0 Å². The van der Waals surface area contributed by atoms with E-state index >= 15 is 0 Å². The van der Waals surface area contributed by atoms with Crippen molar-refractivity contribution in [2.75, 3.05) is 39.3 Å². The van der Waals surface area contributed by atoms with Gasteiger partial charge in [0, 0.05) is 51.0 Å². The number of benzene rings is 1. The summed E-state index contributed by atoms with van der Waals surface area (Å²) in [7, 11) is -3.35. The fourth-order valence-electron chi connectivity index (χ4n) is 4.05. The topological polar surface area (TPSA) is 61.7 Å². The lowest BCUT2D eigenvalue weighted by atomic mass is 10.2. The summed E-state index contributed by atoms with van der Waals surface area (Å²) in [5.41, 5.74) is 1.72. The Hall–Kier alpha value is -1.81. The number of halogens is 1. The normalized spacial score (nSPS) is 20.6. The van der Waals surface area contributed by atoms with Gasteiger partial charge in [0.15, 0.2) is 0 Å². The van der Waals surface area contributed by atoms with E-state index in [1.54, 1.807) is 25.6 Å². The third kappa shape index (κ3) is 4.85. The highest BCUT2D eigenvalue weighted by atomic mass is 32.2. The highest BCUT2D eigenvalue weighted by Crippen LogP contribution is 2.19. The SMILES string of the molecule is O=S(=O)(N1CCCCC1)N1CCCN(Cc2cnn(-c3cccc(F)c3)c2)CC1. The molecule has 2 aromatic rings. The van der Waals surface area contributed by atoms with Crippen LogP contribution in [0.15, 0.2) is 36.7 Å². The minimum Gasteiger partial charge on any atom is -0.298 e. The van der Waals surface area contributed by atoms with Crippen molar-refractivity contribution >= 4 is 10.2 Å². The van der Waals surface area contributed by atoms with E-state index in [-0.39, 0.29) is 5.82 Å². The van der Waals surface area contributed by atoms with Gasteiger partial charge in [0.05, 0.1) is 11.9 Å². The molecule has 0 aliphatic carbocycles. The van der Waals surface area contributed by atoms with E-state index in [9.17, 15) is 12.8 Å². The molecule has 2 aliphatic rings. The molecule has 0 unspecified atom stereocenters. The molecule has 0 saturated carbocycles. The van der Waals surface area contributed by atoms with E-state index in [2.05, 4.69) is 10.00 Å². The summed E-state index contributed by atoms with van der Waals surface area (Å²) >= 11 is 0. The highest BCUT2D eigenvalue weighted by Gasteiger charge is 2.31. The Labute approximate surface area is 171 Å². The number of nitrogens with zero attached hydrogens (tertiary/aromatic N) is 5.